The summed E-state index contributed by atoms with van der Waals surface area (Å²) in [6, 6.07) is 6.87. The molecule has 1 aromatic rings. The largest absolute Gasteiger partial charge is 0.387 e. The molecular formula is C19H28FN3O2. The highest BCUT2D eigenvalue weighted by Crippen LogP contribution is 2.26. The van der Waals surface area contributed by atoms with Crippen molar-refractivity contribution in [2.45, 2.75) is 26.0 Å². The Morgan fingerprint density at radius 1 is 1.24 bits per heavy atom. The molecule has 0 spiro atoms. The minimum absolute atomic E-state index is 0.147. The van der Waals surface area contributed by atoms with Crippen LogP contribution >= 0.6 is 0 Å². The number of carbonyl (C=O) groups is 1. The van der Waals surface area contributed by atoms with Crippen LogP contribution in [0.15, 0.2) is 24.3 Å². The van der Waals surface area contributed by atoms with Crippen molar-refractivity contribution in [3.63, 3.8) is 0 Å². The third kappa shape index (κ3) is 4.19. The lowest BCUT2D eigenvalue weighted by Crippen LogP contribution is -2.53. The van der Waals surface area contributed by atoms with Crippen LogP contribution in [0.4, 0.5) is 4.39 Å². The zero-order chi connectivity index (χ0) is 18.0. The van der Waals surface area contributed by atoms with Crippen molar-refractivity contribution in [3.05, 3.63) is 35.6 Å². The fraction of sp³-hybridized carbons (Fsp3) is 0.632. The Labute approximate surface area is 149 Å². The molecule has 0 unspecified atom stereocenters. The van der Waals surface area contributed by atoms with E-state index in [0.717, 1.165) is 39.3 Å². The molecule has 0 aromatic heterocycles. The Kier molecular flexibility index (Phi) is 5.71. The maximum atomic E-state index is 13.8. The number of halogens is 1. The normalized spacial score (nSPS) is 26.8. The van der Waals surface area contributed by atoms with Gasteiger partial charge in [-0.15, -0.1) is 0 Å². The van der Waals surface area contributed by atoms with Crippen LogP contribution < -0.4 is 0 Å². The average molecular weight is 349 g/mol. The molecule has 2 aliphatic heterocycles. The van der Waals surface area contributed by atoms with Crippen molar-refractivity contribution in [2.24, 2.45) is 5.92 Å². The fourth-order valence-corrected chi connectivity index (χ4v) is 4.13. The highest BCUT2D eigenvalue weighted by atomic mass is 19.1. The van der Waals surface area contributed by atoms with E-state index in [0.29, 0.717) is 24.1 Å². The standard InChI is InChI=1S/C19H28FN3O2/c1-14-11-21(13-19(25)16-5-3-4-6-17(16)20)12-18(14)23-9-7-22(8-10-23)15(2)24/h3-6,14,18-19,25H,7-13H2,1-2H3/t14-,18+,19-/m0/s1. The summed E-state index contributed by atoms with van der Waals surface area (Å²) in [5, 5.41) is 10.4. The molecule has 2 aliphatic rings. The number of hydrogen-bond acceptors (Lipinski definition) is 4. The summed E-state index contributed by atoms with van der Waals surface area (Å²) in [6.07, 6.45) is -0.804. The summed E-state index contributed by atoms with van der Waals surface area (Å²) < 4.78 is 13.8. The number of piperazine rings is 1. The average Bonchev–Trinajstić information content (AvgIpc) is 2.95. The minimum atomic E-state index is -0.804. The molecule has 1 aromatic carbocycles. The van der Waals surface area contributed by atoms with Crippen LogP contribution in [-0.4, -0.2) is 77.6 Å². The van der Waals surface area contributed by atoms with E-state index in [1.807, 2.05) is 4.90 Å². The van der Waals surface area contributed by atoms with Crippen LogP contribution in [0.5, 0.6) is 0 Å². The van der Waals surface area contributed by atoms with E-state index in [4.69, 9.17) is 0 Å². The van der Waals surface area contributed by atoms with Crippen molar-refractivity contribution in [1.29, 1.82) is 0 Å². The van der Waals surface area contributed by atoms with Gasteiger partial charge in [-0.3, -0.25) is 14.6 Å². The van der Waals surface area contributed by atoms with Gasteiger partial charge in [0.25, 0.3) is 0 Å². The van der Waals surface area contributed by atoms with Crippen LogP contribution in [0, 0.1) is 11.7 Å². The summed E-state index contributed by atoms with van der Waals surface area (Å²) in [4.78, 5) is 18.0. The molecule has 0 saturated carbocycles. The predicted octanol–water partition coefficient (Wildman–Crippen LogP) is 1.34. The summed E-state index contributed by atoms with van der Waals surface area (Å²) in [6.45, 7) is 9.48. The molecule has 0 bridgehead atoms. The van der Waals surface area contributed by atoms with Gasteiger partial charge < -0.3 is 10.0 Å². The van der Waals surface area contributed by atoms with Gasteiger partial charge >= 0.3 is 0 Å². The molecule has 0 radical (unpaired) electrons. The number of hydrogen-bond donors (Lipinski definition) is 1. The molecule has 6 heteroatoms. The number of amides is 1. The quantitative estimate of drug-likeness (QED) is 0.891. The first-order valence-electron chi connectivity index (χ1n) is 9.10. The third-order valence-corrected chi connectivity index (χ3v) is 5.57. The number of carbonyl (C=O) groups excluding carboxylic acids is 1. The smallest absolute Gasteiger partial charge is 0.219 e. The molecule has 3 atom stereocenters. The number of benzene rings is 1. The van der Waals surface area contributed by atoms with Crippen LogP contribution in [0.3, 0.4) is 0 Å². The zero-order valence-electron chi connectivity index (χ0n) is 15.1. The van der Waals surface area contributed by atoms with Crippen molar-refractivity contribution in [1.82, 2.24) is 14.7 Å². The first kappa shape index (κ1) is 18.3. The molecular weight excluding hydrogens is 321 g/mol. The van der Waals surface area contributed by atoms with Gasteiger partial charge in [-0.05, 0) is 12.0 Å². The molecule has 138 valence electrons. The van der Waals surface area contributed by atoms with E-state index in [-0.39, 0.29) is 11.7 Å². The Balaban J connectivity index is 1.55. The predicted molar refractivity (Wildman–Crippen MR) is 94.6 cm³/mol. The van der Waals surface area contributed by atoms with E-state index < -0.39 is 6.10 Å². The highest BCUT2D eigenvalue weighted by molar-refractivity contribution is 5.73. The second kappa shape index (κ2) is 7.81. The molecule has 5 nitrogen and oxygen atoms in total. The van der Waals surface area contributed by atoms with E-state index >= 15 is 0 Å². The van der Waals surface area contributed by atoms with Gasteiger partial charge in [0.05, 0.1) is 6.10 Å². The Morgan fingerprint density at radius 3 is 2.56 bits per heavy atom. The van der Waals surface area contributed by atoms with Crippen molar-refractivity contribution in [3.8, 4) is 0 Å². The van der Waals surface area contributed by atoms with Gasteiger partial charge in [0.2, 0.25) is 5.91 Å². The first-order chi connectivity index (χ1) is 12.0. The van der Waals surface area contributed by atoms with Crippen molar-refractivity contribution < 1.29 is 14.3 Å². The molecule has 1 amide bonds. The molecule has 2 fully saturated rings. The molecule has 2 heterocycles. The molecule has 25 heavy (non-hydrogen) atoms. The zero-order valence-corrected chi connectivity index (χ0v) is 15.1. The first-order valence-corrected chi connectivity index (χ1v) is 9.10. The van der Waals surface area contributed by atoms with E-state index in [1.54, 1.807) is 25.1 Å². The molecule has 0 aliphatic carbocycles. The monoisotopic (exact) mass is 349 g/mol. The van der Waals surface area contributed by atoms with Gasteiger partial charge in [-0.1, -0.05) is 25.1 Å². The molecule has 3 rings (SSSR count). The Morgan fingerprint density at radius 2 is 1.92 bits per heavy atom. The van der Waals surface area contributed by atoms with Gasteiger partial charge in [0.1, 0.15) is 5.82 Å². The Bertz CT molecular complexity index is 604. The van der Waals surface area contributed by atoms with E-state index in [1.165, 1.54) is 6.07 Å². The number of nitrogens with zero attached hydrogens (tertiary/aromatic N) is 3. The van der Waals surface area contributed by atoms with Gasteiger partial charge in [0.15, 0.2) is 0 Å². The molecule has 1 N–H and O–H groups in total. The Hall–Kier alpha value is -1.50. The summed E-state index contributed by atoms with van der Waals surface area (Å²) >= 11 is 0. The number of aliphatic hydroxyl groups is 1. The van der Waals surface area contributed by atoms with Gasteiger partial charge in [0, 0.05) is 64.3 Å². The second-order valence-corrected chi connectivity index (χ2v) is 7.34. The van der Waals surface area contributed by atoms with Gasteiger partial charge in [-0.2, -0.15) is 0 Å². The second-order valence-electron chi connectivity index (χ2n) is 7.34. The van der Waals surface area contributed by atoms with Crippen LogP contribution in [-0.2, 0) is 4.79 Å². The summed E-state index contributed by atoms with van der Waals surface area (Å²) in [7, 11) is 0. The van der Waals surface area contributed by atoms with E-state index in [2.05, 4.69) is 16.7 Å². The minimum Gasteiger partial charge on any atom is -0.387 e. The topological polar surface area (TPSA) is 47.0 Å². The maximum absolute atomic E-state index is 13.8. The fourth-order valence-electron chi connectivity index (χ4n) is 4.13. The molecule has 2 saturated heterocycles. The number of β-amino-alcohol motifs (C(OH)–C–C–N with tert-alkyl or cyclic N) is 1. The lowest BCUT2D eigenvalue weighted by molar-refractivity contribution is -0.130. The summed E-state index contributed by atoms with van der Waals surface area (Å²) in [5.41, 5.74) is 0.369. The van der Waals surface area contributed by atoms with Crippen molar-refractivity contribution in [2.75, 3.05) is 45.8 Å². The summed E-state index contributed by atoms with van der Waals surface area (Å²) in [5.74, 6) is 0.296. The number of rotatable bonds is 4. The van der Waals surface area contributed by atoms with Gasteiger partial charge in [-0.25, -0.2) is 4.39 Å². The third-order valence-electron chi connectivity index (χ3n) is 5.57. The van der Waals surface area contributed by atoms with Crippen LogP contribution in [0.1, 0.15) is 25.5 Å². The maximum Gasteiger partial charge on any atom is 0.219 e. The number of likely N-dealkylation sites (tertiary alicyclic amines) is 1. The lowest BCUT2D eigenvalue weighted by Gasteiger charge is -2.39. The van der Waals surface area contributed by atoms with Crippen molar-refractivity contribution >= 4 is 5.91 Å². The van der Waals surface area contributed by atoms with Crippen LogP contribution in [0.2, 0.25) is 0 Å². The highest BCUT2D eigenvalue weighted by Gasteiger charge is 2.36. The van der Waals surface area contributed by atoms with E-state index in [9.17, 15) is 14.3 Å². The SMILES string of the molecule is CC(=O)N1CCN([C@@H]2CN(C[C@H](O)c3ccccc3F)C[C@@H]2C)CC1. The van der Waals surface area contributed by atoms with Crippen LogP contribution in [0.25, 0.3) is 0 Å². The number of aliphatic hydroxyl groups excluding tert-OH is 1. The lowest BCUT2D eigenvalue weighted by atomic mass is 10.0.